The minimum absolute atomic E-state index is 0.290. The van der Waals surface area contributed by atoms with Gasteiger partial charge in [0.05, 0.1) is 5.75 Å². The van der Waals surface area contributed by atoms with Gasteiger partial charge in [0.15, 0.2) is 0 Å². The number of rotatable bonds is 2. The van der Waals surface area contributed by atoms with Gasteiger partial charge in [-0.25, -0.2) is 12.7 Å². The first kappa shape index (κ1) is 11.4. The first-order valence-corrected chi connectivity index (χ1v) is 7.40. The van der Waals surface area contributed by atoms with E-state index in [0.717, 1.165) is 13.0 Å². The van der Waals surface area contributed by atoms with Gasteiger partial charge in [-0.2, -0.15) is 0 Å². The fraction of sp³-hybridized carbons (Fsp3) is 1.00. The van der Waals surface area contributed by atoms with E-state index < -0.39 is 10.0 Å². The highest BCUT2D eigenvalue weighted by Crippen LogP contribution is 2.20. The van der Waals surface area contributed by atoms with E-state index in [1.54, 1.807) is 4.31 Å². The van der Waals surface area contributed by atoms with Crippen molar-refractivity contribution in [1.29, 1.82) is 0 Å². The third-order valence-corrected chi connectivity index (χ3v) is 5.32. The van der Waals surface area contributed by atoms with E-state index >= 15 is 0 Å². The Hall–Kier alpha value is -0.130. The van der Waals surface area contributed by atoms with Crippen molar-refractivity contribution in [3.63, 3.8) is 0 Å². The number of nitrogens with one attached hydrogen (secondary N) is 1. The molecule has 15 heavy (non-hydrogen) atoms. The average Bonchev–Trinajstić information content (AvgIpc) is 2.41. The monoisotopic (exact) mass is 232 g/mol. The molecule has 2 unspecified atom stereocenters. The SMILES string of the molecule is CC1CN(CC2CCCCN2)S(=O)(=O)C1. The third kappa shape index (κ3) is 2.71. The van der Waals surface area contributed by atoms with Crippen molar-refractivity contribution in [3.05, 3.63) is 0 Å². The molecule has 88 valence electrons. The maximum absolute atomic E-state index is 11.7. The number of nitrogens with zero attached hydrogens (tertiary/aromatic N) is 1. The highest BCUT2D eigenvalue weighted by atomic mass is 32.2. The summed E-state index contributed by atoms with van der Waals surface area (Å²) >= 11 is 0. The van der Waals surface area contributed by atoms with Gasteiger partial charge in [-0.3, -0.25) is 0 Å². The molecular weight excluding hydrogens is 212 g/mol. The van der Waals surface area contributed by atoms with Crippen LogP contribution in [0.2, 0.25) is 0 Å². The van der Waals surface area contributed by atoms with Gasteiger partial charge in [-0.05, 0) is 25.3 Å². The van der Waals surface area contributed by atoms with Crippen molar-refractivity contribution in [1.82, 2.24) is 9.62 Å². The standard InChI is InChI=1S/C10H20N2O2S/c1-9-6-12(15(13,14)8-9)7-10-4-2-3-5-11-10/h9-11H,2-8H2,1H3. The predicted octanol–water partition coefficient (Wildman–Crippen LogP) is 0.410. The largest absolute Gasteiger partial charge is 0.313 e. The molecule has 0 aromatic heterocycles. The van der Waals surface area contributed by atoms with E-state index in [0.29, 0.717) is 30.8 Å². The van der Waals surface area contributed by atoms with Crippen molar-refractivity contribution in [2.45, 2.75) is 32.2 Å². The molecule has 0 radical (unpaired) electrons. The minimum atomic E-state index is -2.94. The average molecular weight is 232 g/mol. The molecule has 0 bridgehead atoms. The number of sulfonamides is 1. The zero-order valence-electron chi connectivity index (χ0n) is 9.28. The lowest BCUT2D eigenvalue weighted by Crippen LogP contribution is -2.44. The molecule has 2 aliphatic heterocycles. The van der Waals surface area contributed by atoms with Crippen LogP contribution in [-0.2, 0) is 10.0 Å². The summed E-state index contributed by atoms with van der Waals surface area (Å²) in [6.07, 6.45) is 3.56. The Morgan fingerprint density at radius 2 is 2.20 bits per heavy atom. The van der Waals surface area contributed by atoms with Gasteiger partial charge in [0.2, 0.25) is 10.0 Å². The van der Waals surface area contributed by atoms with E-state index in [1.165, 1.54) is 12.8 Å². The van der Waals surface area contributed by atoms with Gasteiger partial charge in [-0.1, -0.05) is 13.3 Å². The summed E-state index contributed by atoms with van der Waals surface area (Å²) in [6.45, 7) is 4.42. The van der Waals surface area contributed by atoms with Crippen molar-refractivity contribution in [2.24, 2.45) is 5.92 Å². The molecule has 0 amide bonds. The second kappa shape index (κ2) is 4.39. The zero-order valence-corrected chi connectivity index (χ0v) is 10.1. The lowest BCUT2D eigenvalue weighted by atomic mass is 10.1. The maximum Gasteiger partial charge on any atom is 0.214 e. The first-order chi connectivity index (χ1) is 7.08. The Morgan fingerprint density at radius 3 is 2.73 bits per heavy atom. The number of hydrogen-bond donors (Lipinski definition) is 1. The maximum atomic E-state index is 11.7. The predicted molar refractivity (Wildman–Crippen MR) is 60.2 cm³/mol. The van der Waals surface area contributed by atoms with Crippen LogP contribution in [0.1, 0.15) is 26.2 Å². The van der Waals surface area contributed by atoms with Crippen LogP contribution in [0.5, 0.6) is 0 Å². The number of piperidine rings is 1. The Morgan fingerprint density at radius 1 is 1.40 bits per heavy atom. The van der Waals surface area contributed by atoms with E-state index in [9.17, 15) is 8.42 Å². The van der Waals surface area contributed by atoms with Gasteiger partial charge >= 0.3 is 0 Å². The van der Waals surface area contributed by atoms with Crippen LogP contribution in [-0.4, -0.2) is 44.2 Å². The second-order valence-electron chi connectivity index (χ2n) is 4.85. The molecule has 2 aliphatic rings. The van der Waals surface area contributed by atoms with E-state index in [1.807, 2.05) is 6.92 Å². The van der Waals surface area contributed by atoms with Gasteiger partial charge in [0.25, 0.3) is 0 Å². The Kier molecular flexibility index (Phi) is 3.33. The zero-order chi connectivity index (χ0) is 10.9. The van der Waals surface area contributed by atoms with Crippen LogP contribution in [0, 0.1) is 5.92 Å². The van der Waals surface area contributed by atoms with Crippen LogP contribution in [0.15, 0.2) is 0 Å². The normalized spacial score (nSPS) is 36.9. The van der Waals surface area contributed by atoms with Crippen molar-refractivity contribution in [2.75, 3.05) is 25.4 Å². The molecule has 2 rings (SSSR count). The molecule has 0 spiro atoms. The second-order valence-corrected chi connectivity index (χ2v) is 6.86. The van der Waals surface area contributed by atoms with Gasteiger partial charge in [0, 0.05) is 19.1 Å². The van der Waals surface area contributed by atoms with Crippen LogP contribution < -0.4 is 5.32 Å². The quantitative estimate of drug-likeness (QED) is 0.750. The lowest BCUT2D eigenvalue weighted by Gasteiger charge is -2.27. The summed E-state index contributed by atoms with van der Waals surface area (Å²) in [4.78, 5) is 0. The first-order valence-electron chi connectivity index (χ1n) is 5.79. The molecule has 0 aromatic carbocycles. The third-order valence-electron chi connectivity index (χ3n) is 3.24. The van der Waals surface area contributed by atoms with Crippen LogP contribution in [0.4, 0.5) is 0 Å². The molecule has 0 aliphatic carbocycles. The van der Waals surface area contributed by atoms with Gasteiger partial charge < -0.3 is 5.32 Å². The number of hydrogen-bond acceptors (Lipinski definition) is 3. The topological polar surface area (TPSA) is 49.4 Å². The molecule has 4 nitrogen and oxygen atoms in total. The summed E-state index contributed by atoms with van der Waals surface area (Å²) in [5, 5.41) is 3.39. The fourth-order valence-electron chi connectivity index (χ4n) is 2.49. The lowest BCUT2D eigenvalue weighted by molar-refractivity contribution is 0.314. The molecule has 2 heterocycles. The summed E-state index contributed by atoms with van der Waals surface area (Å²) in [6, 6.07) is 0.374. The van der Waals surface area contributed by atoms with Crippen molar-refractivity contribution < 1.29 is 8.42 Å². The van der Waals surface area contributed by atoms with Crippen LogP contribution in [0.25, 0.3) is 0 Å². The molecule has 2 fully saturated rings. The molecule has 0 aromatic rings. The van der Waals surface area contributed by atoms with Gasteiger partial charge in [-0.15, -0.1) is 0 Å². The minimum Gasteiger partial charge on any atom is -0.313 e. The van der Waals surface area contributed by atoms with Gasteiger partial charge in [0.1, 0.15) is 0 Å². The molecule has 5 heteroatoms. The Labute approximate surface area is 92.1 Å². The highest BCUT2D eigenvalue weighted by Gasteiger charge is 2.34. The molecule has 2 atom stereocenters. The summed E-state index contributed by atoms with van der Waals surface area (Å²) in [7, 11) is -2.94. The van der Waals surface area contributed by atoms with Crippen LogP contribution in [0.3, 0.4) is 0 Å². The molecular formula is C10H20N2O2S. The summed E-state index contributed by atoms with van der Waals surface area (Å²) < 4.78 is 25.2. The smallest absolute Gasteiger partial charge is 0.214 e. The summed E-state index contributed by atoms with van der Waals surface area (Å²) in [5.41, 5.74) is 0. The van der Waals surface area contributed by atoms with E-state index in [4.69, 9.17) is 0 Å². The van der Waals surface area contributed by atoms with Crippen molar-refractivity contribution in [3.8, 4) is 0 Å². The van der Waals surface area contributed by atoms with Crippen LogP contribution >= 0.6 is 0 Å². The fourth-order valence-corrected chi connectivity index (χ4v) is 4.42. The molecule has 0 saturated carbocycles. The molecule has 2 saturated heterocycles. The Balaban J connectivity index is 1.93. The van der Waals surface area contributed by atoms with E-state index in [-0.39, 0.29) is 0 Å². The highest BCUT2D eigenvalue weighted by molar-refractivity contribution is 7.89. The Bertz CT molecular complexity index is 309. The van der Waals surface area contributed by atoms with E-state index in [2.05, 4.69) is 5.32 Å². The summed E-state index contributed by atoms with van der Waals surface area (Å²) in [5.74, 6) is 0.623. The molecule has 1 N–H and O–H groups in total. The van der Waals surface area contributed by atoms with Crippen molar-refractivity contribution >= 4 is 10.0 Å².